The number of primary amides is 1. The van der Waals surface area contributed by atoms with E-state index in [1.807, 2.05) is 6.07 Å². The molecule has 33 heavy (non-hydrogen) atoms. The monoisotopic (exact) mass is 459 g/mol. The number of aromatic nitrogens is 4. The molecule has 4 rings (SSSR count). The van der Waals surface area contributed by atoms with Crippen LogP contribution in [-0.2, 0) is 17.5 Å². The molecule has 0 radical (unpaired) electrons. The highest BCUT2D eigenvalue weighted by molar-refractivity contribution is 6.04. The summed E-state index contributed by atoms with van der Waals surface area (Å²) in [7, 11) is 0. The summed E-state index contributed by atoms with van der Waals surface area (Å²) in [5.41, 5.74) is 5.31. The van der Waals surface area contributed by atoms with Crippen LogP contribution in [0.15, 0.2) is 48.9 Å². The highest BCUT2D eigenvalue weighted by Gasteiger charge is 2.32. The van der Waals surface area contributed by atoms with Crippen molar-refractivity contribution in [2.75, 3.05) is 31.1 Å². The van der Waals surface area contributed by atoms with Gasteiger partial charge in [0.1, 0.15) is 5.52 Å². The van der Waals surface area contributed by atoms with Gasteiger partial charge in [0.15, 0.2) is 0 Å². The van der Waals surface area contributed by atoms with Crippen molar-refractivity contribution in [3.05, 3.63) is 60.1 Å². The Kier molecular flexibility index (Phi) is 5.99. The van der Waals surface area contributed by atoms with Gasteiger partial charge in [-0.3, -0.25) is 14.3 Å². The van der Waals surface area contributed by atoms with Gasteiger partial charge in [0, 0.05) is 56.2 Å². The van der Waals surface area contributed by atoms with Crippen LogP contribution < -0.4 is 10.6 Å². The van der Waals surface area contributed by atoms with E-state index in [1.54, 1.807) is 38.9 Å². The van der Waals surface area contributed by atoms with Crippen molar-refractivity contribution >= 4 is 28.7 Å². The molecular weight excluding hydrogens is 439 g/mol. The molecule has 2 N–H and O–H groups in total. The minimum atomic E-state index is -4.48. The number of nitrogens with zero attached hydrogens (tertiary/aromatic N) is 6. The summed E-state index contributed by atoms with van der Waals surface area (Å²) in [6, 6.07) is 5.15. The summed E-state index contributed by atoms with van der Waals surface area (Å²) in [6.07, 6.45) is 1.92. The number of carbonyl (C=O) groups is 2. The lowest BCUT2D eigenvalue weighted by Gasteiger charge is -2.34. The highest BCUT2D eigenvalue weighted by Crippen LogP contribution is 2.28. The number of benzene rings is 1. The third-order valence-electron chi connectivity index (χ3n) is 5.24. The number of amides is 2. The van der Waals surface area contributed by atoms with E-state index >= 15 is 0 Å². The first-order chi connectivity index (χ1) is 15.7. The second-order valence-corrected chi connectivity index (χ2v) is 7.44. The number of fused-ring (bicyclic) bond motifs is 1. The fourth-order valence-corrected chi connectivity index (χ4v) is 3.51. The Morgan fingerprint density at radius 3 is 2.42 bits per heavy atom. The Bertz CT molecular complexity index is 1200. The quantitative estimate of drug-likeness (QED) is 0.583. The summed E-state index contributed by atoms with van der Waals surface area (Å²) in [5, 5.41) is 5.13. The zero-order valence-electron chi connectivity index (χ0n) is 17.4. The smallest absolute Gasteiger partial charge is 0.366 e. The molecular formula is C21H20F3N7O2. The summed E-state index contributed by atoms with van der Waals surface area (Å²) < 4.78 is 39.6. The first-order valence-electron chi connectivity index (χ1n) is 10.1. The maximum atomic E-state index is 12.6. The molecule has 2 aromatic heterocycles. The summed E-state index contributed by atoms with van der Waals surface area (Å²) in [5.74, 6) is -0.540. The number of carbonyl (C=O) groups excluding carboxylic acids is 2. The number of hydrogen-bond donors (Lipinski definition) is 1. The zero-order valence-corrected chi connectivity index (χ0v) is 17.4. The van der Waals surface area contributed by atoms with Crippen LogP contribution in [0.3, 0.4) is 0 Å². The fourth-order valence-electron chi connectivity index (χ4n) is 3.51. The van der Waals surface area contributed by atoms with Crippen LogP contribution in [0.2, 0.25) is 0 Å². The average molecular weight is 459 g/mol. The molecule has 12 heteroatoms. The number of halogens is 3. The van der Waals surface area contributed by atoms with E-state index in [4.69, 9.17) is 5.73 Å². The second-order valence-electron chi connectivity index (χ2n) is 7.44. The minimum Gasteiger partial charge on any atom is -0.366 e. The van der Waals surface area contributed by atoms with E-state index < -0.39 is 17.6 Å². The van der Waals surface area contributed by atoms with E-state index in [-0.39, 0.29) is 11.9 Å². The molecule has 2 amide bonds. The standard InChI is InChI=1S/C21H20F3N7O2/c22-21(23,24)15-11-26-20(27-12-15)30-9-7-29(8-10-30)17(32)5-2-6-31-13-14-3-1-4-16(19(25)33)18(14)28-31/h1-5,11-13H,6-10H2,(H2,25,33)/b5-2+. The van der Waals surface area contributed by atoms with Crippen molar-refractivity contribution in [3.8, 4) is 0 Å². The predicted molar refractivity (Wildman–Crippen MR) is 113 cm³/mol. The van der Waals surface area contributed by atoms with Crippen LogP contribution >= 0.6 is 0 Å². The molecule has 1 aromatic carbocycles. The fraction of sp³-hybridized carbons (Fsp3) is 0.286. The van der Waals surface area contributed by atoms with E-state index in [9.17, 15) is 22.8 Å². The van der Waals surface area contributed by atoms with Crippen LogP contribution in [0.25, 0.3) is 10.9 Å². The van der Waals surface area contributed by atoms with Gasteiger partial charge in [0.25, 0.3) is 5.91 Å². The van der Waals surface area contributed by atoms with Gasteiger partial charge in [-0.15, -0.1) is 0 Å². The number of hydrogen-bond acceptors (Lipinski definition) is 6. The summed E-state index contributed by atoms with van der Waals surface area (Å²) >= 11 is 0. The maximum Gasteiger partial charge on any atom is 0.419 e. The topological polar surface area (TPSA) is 110 Å². The van der Waals surface area contributed by atoms with Gasteiger partial charge in [-0.2, -0.15) is 18.3 Å². The van der Waals surface area contributed by atoms with Gasteiger partial charge in [-0.25, -0.2) is 9.97 Å². The lowest BCUT2D eigenvalue weighted by atomic mass is 10.1. The lowest BCUT2D eigenvalue weighted by molar-refractivity contribution is -0.138. The number of rotatable bonds is 5. The predicted octanol–water partition coefficient (Wildman–Crippen LogP) is 1.85. The number of piperazine rings is 1. The van der Waals surface area contributed by atoms with Gasteiger partial charge in [0.05, 0.1) is 17.7 Å². The molecule has 9 nitrogen and oxygen atoms in total. The van der Waals surface area contributed by atoms with Crippen molar-refractivity contribution in [1.82, 2.24) is 24.6 Å². The van der Waals surface area contributed by atoms with Crippen LogP contribution in [0.4, 0.5) is 19.1 Å². The van der Waals surface area contributed by atoms with Crippen molar-refractivity contribution in [2.24, 2.45) is 5.73 Å². The number of nitrogens with two attached hydrogens (primary N) is 1. The van der Waals surface area contributed by atoms with Crippen LogP contribution in [0.1, 0.15) is 15.9 Å². The lowest BCUT2D eigenvalue weighted by Crippen LogP contribution is -2.48. The van der Waals surface area contributed by atoms with Crippen molar-refractivity contribution in [2.45, 2.75) is 12.7 Å². The van der Waals surface area contributed by atoms with Crippen molar-refractivity contribution < 1.29 is 22.8 Å². The van der Waals surface area contributed by atoms with E-state index in [2.05, 4.69) is 15.1 Å². The van der Waals surface area contributed by atoms with Gasteiger partial charge < -0.3 is 15.5 Å². The number of allylic oxidation sites excluding steroid dienone is 1. The average Bonchev–Trinajstić information content (AvgIpc) is 3.21. The van der Waals surface area contributed by atoms with Gasteiger partial charge in [-0.05, 0) is 6.07 Å². The molecule has 0 spiro atoms. The van der Waals surface area contributed by atoms with Crippen LogP contribution in [0.5, 0.6) is 0 Å². The molecule has 0 atom stereocenters. The third-order valence-corrected chi connectivity index (χ3v) is 5.24. The SMILES string of the molecule is NC(=O)c1cccc2cn(C/C=C/C(=O)N3CCN(c4ncc(C(F)(F)F)cn4)CC3)nc12. The third kappa shape index (κ3) is 4.94. The first-order valence-corrected chi connectivity index (χ1v) is 10.1. The van der Waals surface area contributed by atoms with Crippen LogP contribution in [0, 0.1) is 0 Å². The molecule has 3 aromatic rings. The van der Waals surface area contributed by atoms with Crippen LogP contribution in [-0.4, -0.2) is 62.6 Å². The Labute approximate surface area is 186 Å². The zero-order chi connectivity index (χ0) is 23.6. The van der Waals surface area contributed by atoms with E-state index in [0.29, 0.717) is 43.8 Å². The van der Waals surface area contributed by atoms with Gasteiger partial charge in [-0.1, -0.05) is 18.2 Å². The number of alkyl halides is 3. The van der Waals surface area contributed by atoms with Gasteiger partial charge >= 0.3 is 6.18 Å². The Morgan fingerprint density at radius 1 is 1.09 bits per heavy atom. The molecule has 1 saturated heterocycles. The first kappa shape index (κ1) is 22.2. The molecule has 172 valence electrons. The van der Waals surface area contributed by atoms with E-state index in [1.165, 1.54) is 6.08 Å². The Balaban J connectivity index is 1.32. The molecule has 1 aliphatic rings. The molecule has 0 bridgehead atoms. The maximum absolute atomic E-state index is 12.6. The van der Waals surface area contributed by atoms with Gasteiger partial charge in [0.2, 0.25) is 11.9 Å². The molecule has 1 fully saturated rings. The molecule has 0 saturated carbocycles. The number of anilines is 1. The minimum absolute atomic E-state index is 0.183. The Morgan fingerprint density at radius 2 is 1.79 bits per heavy atom. The second kappa shape index (κ2) is 8.88. The summed E-state index contributed by atoms with van der Waals surface area (Å²) in [4.78, 5) is 35.0. The molecule has 3 heterocycles. The van der Waals surface area contributed by atoms with Crippen molar-refractivity contribution in [1.29, 1.82) is 0 Å². The largest absolute Gasteiger partial charge is 0.419 e. The normalized spacial score (nSPS) is 14.9. The van der Waals surface area contributed by atoms with E-state index in [0.717, 1.165) is 17.8 Å². The highest BCUT2D eigenvalue weighted by atomic mass is 19.4. The molecule has 1 aliphatic heterocycles. The summed E-state index contributed by atoms with van der Waals surface area (Å²) in [6.45, 7) is 1.93. The van der Waals surface area contributed by atoms with Crippen molar-refractivity contribution in [3.63, 3.8) is 0 Å². The Hall–Kier alpha value is -3.96. The molecule has 0 aliphatic carbocycles. The molecule has 0 unspecified atom stereocenters.